The Morgan fingerprint density at radius 2 is 1.75 bits per heavy atom. The van der Waals surface area contributed by atoms with Crippen molar-refractivity contribution < 1.29 is 28.5 Å². The van der Waals surface area contributed by atoms with Gasteiger partial charge in [0.2, 0.25) is 0 Å². The Labute approximate surface area is 210 Å². The molecular weight excluding hydrogens is 484 g/mol. The second-order valence-electron chi connectivity index (χ2n) is 7.82. The van der Waals surface area contributed by atoms with Crippen molar-refractivity contribution in [3.05, 3.63) is 84.5 Å². The number of para-hydroxylation sites is 1. The molecule has 3 aromatic rings. The maximum absolute atomic E-state index is 13.7. The minimum absolute atomic E-state index is 0.240. The van der Waals surface area contributed by atoms with Crippen molar-refractivity contribution in [2.45, 2.75) is 19.9 Å². The van der Waals surface area contributed by atoms with Gasteiger partial charge in [0.05, 0.1) is 43.2 Å². The first-order valence-corrected chi connectivity index (χ1v) is 11.7. The van der Waals surface area contributed by atoms with Crippen molar-refractivity contribution in [1.29, 1.82) is 0 Å². The number of esters is 2. The average Bonchev–Trinajstić information content (AvgIpc) is 3.17. The predicted molar refractivity (Wildman–Crippen MR) is 133 cm³/mol. The number of rotatable bonds is 6. The summed E-state index contributed by atoms with van der Waals surface area (Å²) < 4.78 is 22.9. The van der Waals surface area contributed by atoms with E-state index in [0.29, 0.717) is 43.4 Å². The van der Waals surface area contributed by atoms with Crippen LogP contribution >= 0.6 is 11.3 Å². The topological polar surface area (TPSA) is 105 Å². The maximum Gasteiger partial charge on any atom is 0.338 e. The molecule has 0 bridgehead atoms. The molecule has 4 rings (SSSR count). The van der Waals surface area contributed by atoms with E-state index in [1.165, 1.54) is 44.2 Å². The summed E-state index contributed by atoms with van der Waals surface area (Å²) in [4.78, 5) is 43.0. The van der Waals surface area contributed by atoms with Crippen LogP contribution in [0.5, 0.6) is 17.2 Å². The number of hydrogen-bond acceptors (Lipinski definition) is 9. The Kier molecular flexibility index (Phi) is 7.07. The molecule has 0 fully saturated rings. The fourth-order valence-corrected chi connectivity index (χ4v) is 5.06. The minimum Gasteiger partial charge on any atom is -0.493 e. The van der Waals surface area contributed by atoms with Crippen LogP contribution in [0.25, 0.3) is 6.08 Å². The van der Waals surface area contributed by atoms with Crippen molar-refractivity contribution in [3.63, 3.8) is 0 Å². The minimum atomic E-state index is -0.806. The van der Waals surface area contributed by atoms with Crippen molar-refractivity contribution in [2.24, 2.45) is 4.99 Å². The molecule has 9 nitrogen and oxygen atoms in total. The third-order valence-corrected chi connectivity index (χ3v) is 6.59. The van der Waals surface area contributed by atoms with E-state index in [1.807, 2.05) is 0 Å². The molecular formula is C26H24N2O7S. The Morgan fingerprint density at radius 1 is 1.03 bits per heavy atom. The van der Waals surface area contributed by atoms with E-state index < -0.39 is 18.0 Å². The maximum atomic E-state index is 13.7. The molecule has 0 radical (unpaired) electrons. The van der Waals surface area contributed by atoms with Gasteiger partial charge in [0.15, 0.2) is 16.3 Å². The van der Waals surface area contributed by atoms with Gasteiger partial charge in [-0.05, 0) is 36.8 Å². The third-order valence-electron chi connectivity index (χ3n) is 5.61. The smallest absolute Gasteiger partial charge is 0.338 e. The average molecular weight is 509 g/mol. The molecule has 186 valence electrons. The van der Waals surface area contributed by atoms with Gasteiger partial charge < -0.3 is 18.9 Å². The molecule has 2 heterocycles. The standard InChI is InChI=1S/C26H24N2O7S/c1-14-22(25(31)34-5)23(17-10-11-19(32-3)20(12-17)33-4)28-24(30)21(36-26(28)27-14)13-16-8-6-7-9-18(16)35-15(2)29/h6-13,23H,1-5H3/b21-13-/t23-/m1/s1. The van der Waals surface area contributed by atoms with E-state index >= 15 is 0 Å². The number of carbonyl (C=O) groups is 2. The lowest BCUT2D eigenvalue weighted by Gasteiger charge is -2.25. The summed E-state index contributed by atoms with van der Waals surface area (Å²) in [5.41, 5.74) is 1.50. The molecule has 0 unspecified atom stereocenters. The third kappa shape index (κ3) is 4.55. The lowest BCUT2D eigenvalue weighted by atomic mass is 9.95. The summed E-state index contributed by atoms with van der Waals surface area (Å²) in [6.45, 7) is 3.01. The summed E-state index contributed by atoms with van der Waals surface area (Å²) in [5.74, 6) is 0.232. The van der Waals surface area contributed by atoms with Crippen molar-refractivity contribution in [1.82, 2.24) is 4.57 Å². The molecule has 1 aromatic heterocycles. The van der Waals surface area contributed by atoms with Crippen molar-refractivity contribution >= 4 is 29.4 Å². The van der Waals surface area contributed by atoms with Gasteiger partial charge in [-0.15, -0.1) is 0 Å². The van der Waals surface area contributed by atoms with Gasteiger partial charge in [-0.3, -0.25) is 14.2 Å². The van der Waals surface area contributed by atoms with Crippen LogP contribution in [0.1, 0.15) is 31.0 Å². The van der Waals surface area contributed by atoms with Gasteiger partial charge in [-0.25, -0.2) is 9.79 Å². The SMILES string of the molecule is COC(=O)C1=C(C)N=c2s/c(=C\c3ccccc3OC(C)=O)c(=O)n2[C@@H]1c1ccc(OC)c(OC)c1. The van der Waals surface area contributed by atoms with Gasteiger partial charge in [-0.1, -0.05) is 35.6 Å². The van der Waals surface area contributed by atoms with Crippen LogP contribution in [0, 0.1) is 0 Å². The van der Waals surface area contributed by atoms with Crippen LogP contribution in [0.3, 0.4) is 0 Å². The number of methoxy groups -OCH3 is 3. The van der Waals surface area contributed by atoms with E-state index in [0.717, 1.165) is 0 Å². The highest BCUT2D eigenvalue weighted by Crippen LogP contribution is 2.36. The first kappa shape index (κ1) is 24.9. The van der Waals surface area contributed by atoms with Crippen LogP contribution in [-0.4, -0.2) is 37.8 Å². The Morgan fingerprint density at radius 3 is 2.42 bits per heavy atom. The van der Waals surface area contributed by atoms with E-state index in [2.05, 4.69) is 4.99 Å². The second-order valence-corrected chi connectivity index (χ2v) is 8.83. The normalized spacial score (nSPS) is 15.1. The van der Waals surface area contributed by atoms with E-state index in [9.17, 15) is 14.4 Å². The van der Waals surface area contributed by atoms with Gasteiger partial charge in [0.25, 0.3) is 5.56 Å². The fraction of sp³-hybridized carbons (Fsp3) is 0.231. The number of aromatic nitrogens is 1. The monoisotopic (exact) mass is 508 g/mol. The van der Waals surface area contributed by atoms with Gasteiger partial charge in [-0.2, -0.15) is 0 Å². The number of carbonyl (C=O) groups excluding carboxylic acids is 2. The highest BCUT2D eigenvalue weighted by Gasteiger charge is 2.33. The van der Waals surface area contributed by atoms with Crippen LogP contribution in [-0.2, 0) is 14.3 Å². The zero-order valence-electron chi connectivity index (χ0n) is 20.4. The fourth-order valence-electron chi connectivity index (χ4n) is 4.02. The summed E-state index contributed by atoms with van der Waals surface area (Å²) in [6, 6.07) is 11.3. The molecule has 2 aromatic carbocycles. The van der Waals surface area contributed by atoms with Crippen molar-refractivity contribution in [3.8, 4) is 17.2 Å². The van der Waals surface area contributed by atoms with Gasteiger partial charge in [0, 0.05) is 12.5 Å². The number of allylic oxidation sites excluding steroid dienone is 1. The largest absolute Gasteiger partial charge is 0.493 e. The molecule has 1 aliphatic rings. The molecule has 1 atom stereocenters. The molecule has 1 aliphatic heterocycles. The quantitative estimate of drug-likeness (QED) is 0.372. The molecule has 0 amide bonds. The summed E-state index contributed by atoms with van der Waals surface area (Å²) in [5, 5.41) is 0. The van der Waals surface area contributed by atoms with Crippen LogP contribution < -0.4 is 29.1 Å². The second kappa shape index (κ2) is 10.2. The number of benzene rings is 2. The molecule has 10 heteroatoms. The van der Waals surface area contributed by atoms with Crippen molar-refractivity contribution in [2.75, 3.05) is 21.3 Å². The predicted octanol–water partition coefficient (Wildman–Crippen LogP) is 2.35. The highest BCUT2D eigenvalue weighted by atomic mass is 32.1. The number of thiazole rings is 1. The lowest BCUT2D eigenvalue weighted by molar-refractivity contribution is -0.136. The first-order valence-electron chi connectivity index (χ1n) is 10.9. The van der Waals surface area contributed by atoms with Gasteiger partial charge >= 0.3 is 11.9 Å². The molecule has 0 saturated heterocycles. The van der Waals surface area contributed by atoms with E-state index in [-0.39, 0.29) is 11.1 Å². The van der Waals surface area contributed by atoms with Gasteiger partial charge in [0.1, 0.15) is 5.75 Å². The lowest BCUT2D eigenvalue weighted by Crippen LogP contribution is -2.39. The van der Waals surface area contributed by atoms with E-state index in [4.69, 9.17) is 18.9 Å². The number of fused-ring (bicyclic) bond motifs is 1. The Balaban J connectivity index is 1.97. The van der Waals surface area contributed by atoms with E-state index in [1.54, 1.807) is 55.5 Å². The summed E-state index contributed by atoms with van der Waals surface area (Å²) in [7, 11) is 4.32. The highest BCUT2D eigenvalue weighted by molar-refractivity contribution is 7.07. The van der Waals surface area contributed by atoms with Crippen LogP contribution in [0.4, 0.5) is 0 Å². The van der Waals surface area contributed by atoms with Crippen LogP contribution in [0.2, 0.25) is 0 Å². The molecule has 0 aliphatic carbocycles. The Hall–Kier alpha value is -4.18. The molecule has 0 N–H and O–H groups in total. The summed E-state index contributed by atoms with van der Waals surface area (Å²) in [6.07, 6.45) is 1.64. The zero-order valence-corrected chi connectivity index (χ0v) is 21.2. The number of ether oxygens (including phenoxy) is 4. The van der Waals surface area contributed by atoms with Crippen LogP contribution in [0.15, 0.2) is 63.5 Å². The molecule has 0 saturated carbocycles. The molecule has 0 spiro atoms. The summed E-state index contributed by atoms with van der Waals surface area (Å²) >= 11 is 1.17. The number of hydrogen-bond donors (Lipinski definition) is 0. The first-order chi connectivity index (χ1) is 17.3. The zero-order chi connectivity index (χ0) is 26.0. The number of nitrogens with zero attached hydrogens (tertiary/aromatic N) is 2. The molecule has 36 heavy (non-hydrogen) atoms. The Bertz CT molecular complexity index is 1570.